The molecule has 2 heterocycles. The first-order chi connectivity index (χ1) is 7.25. The van der Waals surface area contributed by atoms with Gasteiger partial charge in [-0.2, -0.15) is 5.10 Å². The molecule has 1 atom stereocenters. The molecular formula is C9H14N4O2. The minimum atomic E-state index is -0.416. The highest BCUT2D eigenvalue weighted by molar-refractivity contribution is 5.20. The van der Waals surface area contributed by atoms with E-state index in [1.807, 2.05) is 0 Å². The summed E-state index contributed by atoms with van der Waals surface area (Å²) in [5.74, 6) is 0.688. The Bertz CT molecular complexity index is 344. The normalized spacial score (nSPS) is 20.7. The molecule has 1 fully saturated rings. The molecule has 15 heavy (non-hydrogen) atoms. The van der Waals surface area contributed by atoms with Crippen molar-refractivity contribution in [3.8, 4) is 0 Å². The van der Waals surface area contributed by atoms with Gasteiger partial charge in [0.15, 0.2) is 0 Å². The fourth-order valence-corrected chi connectivity index (χ4v) is 1.84. The van der Waals surface area contributed by atoms with Crippen molar-refractivity contribution >= 4 is 5.69 Å². The summed E-state index contributed by atoms with van der Waals surface area (Å²) < 4.78 is 1.65. The molecule has 0 bridgehead atoms. The maximum Gasteiger partial charge on any atom is 0.306 e. The molecule has 0 aromatic carbocycles. The van der Waals surface area contributed by atoms with Gasteiger partial charge in [-0.15, -0.1) is 0 Å². The zero-order valence-electron chi connectivity index (χ0n) is 8.43. The van der Waals surface area contributed by atoms with E-state index in [0.717, 1.165) is 26.1 Å². The predicted octanol–water partition coefficient (Wildman–Crippen LogP) is 0.791. The summed E-state index contributed by atoms with van der Waals surface area (Å²) in [4.78, 5) is 10.0. The van der Waals surface area contributed by atoms with Gasteiger partial charge in [-0.1, -0.05) is 0 Å². The predicted molar refractivity (Wildman–Crippen MR) is 54.5 cm³/mol. The summed E-state index contributed by atoms with van der Waals surface area (Å²) in [5.41, 5.74) is 0.0690. The molecule has 0 amide bonds. The SMILES string of the molecule is O=[N+]([O-])c1cnn(CCC2CCNC2)c1. The number of aryl methyl sites for hydroxylation is 1. The van der Waals surface area contributed by atoms with Crippen LogP contribution in [0.3, 0.4) is 0 Å². The highest BCUT2D eigenvalue weighted by Gasteiger charge is 2.15. The van der Waals surface area contributed by atoms with Crippen LogP contribution >= 0.6 is 0 Å². The van der Waals surface area contributed by atoms with E-state index >= 15 is 0 Å². The quantitative estimate of drug-likeness (QED) is 0.589. The topological polar surface area (TPSA) is 73.0 Å². The smallest absolute Gasteiger partial charge is 0.306 e. The van der Waals surface area contributed by atoms with Gasteiger partial charge in [0.25, 0.3) is 0 Å². The van der Waals surface area contributed by atoms with Gasteiger partial charge in [0, 0.05) is 6.54 Å². The van der Waals surface area contributed by atoms with Crippen LogP contribution in [0.15, 0.2) is 12.4 Å². The standard InChI is InChI=1S/C9H14N4O2/c14-13(15)9-6-11-12(7-9)4-2-8-1-3-10-5-8/h6-8,10H,1-5H2. The summed E-state index contributed by atoms with van der Waals surface area (Å²) in [6, 6.07) is 0. The molecule has 0 radical (unpaired) electrons. The maximum atomic E-state index is 10.4. The average molecular weight is 210 g/mol. The van der Waals surface area contributed by atoms with Crippen molar-refractivity contribution in [2.75, 3.05) is 13.1 Å². The van der Waals surface area contributed by atoms with E-state index in [2.05, 4.69) is 10.4 Å². The molecule has 6 heteroatoms. The van der Waals surface area contributed by atoms with Crippen molar-refractivity contribution < 1.29 is 4.92 Å². The van der Waals surface area contributed by atoms with Crippen molar-refractivity contribution in [3.63, 3.8) is 0 Å². The van der Waals surface area contributed by atoms with Gasteiger partial charge in [-0.3, -0.25) is 14.8 Å². The van der Waals surface area contributed by atoms with Gasteiger partial charge >= 0.3 is 5.69 Å². The van der Waals surface area contributed by atoms with Crippen LogP contribution in [0.1, 0.15) is 12.8 Å². The molecule has 0 aliphatic carbocycles. The monoisotopic (exact) mass is 210 g/mol. The Morgan fingerprint density at radius 1 is 1.73 bits per heavy atom. The van der Waals surface area contributed by atoms with Crippen LogP contribution in [0.2, 0.25) is 0 Å². The second-order valence-corrected chi connectivity index (χ2v) is 3.87. The Hall–Kier alpha value is -1.43. The maximum absolute atomic E-state index is 10.4. The molecule has 6 nitrogen and oxygen atoms in total. The lowest BCUT2D eigenvalue weighted by molar-refractivity contribution is -0.385. The van der Waals surface area contributed by atoms with Crippen LogP contribution in [-0.4, -0.2) is 27.8 Å². The molecule has 1 N–H and O–H groups in total. The fourth-order valence-electron chi connectivity index (χ4n) is 1.84. The van der Waals surface area contributed by atoms with Crippen molar-refractivity contribution in [2.24, 2.45) is 5.92 Å². The second kappa shape index (κ2) is 4.39. The lowest BCUT2D eigenvalue weighted by atomic mass is 10.1. The lowest BCUT2D eigenvalue weighted by Crippen LogP contribution is -2.11. The Morgan fingerprint density at radius 2 is 2.60 bits per heavy atom. The van der Waals surface area contributed by atoms with E-state index in [0.29, 0.717) is 5.92 Å². The number of hydrogen-bond donors (Lipinski definition) is 1. The minimum absolute atomic E-state index is 0.0690. The lowest BCUT2D eigenvalue weighted by Gasteiger charge is -2.06. The van der Waals surface area contributed by atoms with Crippen LogP contribution in [0, 0.1) is 16.0 Å². The number of rotatable bonds is 4. The first kappa shape index (κ1) is 10.1. The molecule has 1 saturated heterocycles. The fraction of sp³-hybridized carbons (Fsp3) is 0.667. The van der Waals surface area contributed by atoms with E-state index < -0.39 is 4.92 Å². The largest absolute Gasteiger partial charge is 0.316 e. The molecule has 1 aromatic rings. The third kappa shape index (κ3) is 2.53. The molecular weight excluding hydrogens is 196 g/mol. The Kier molecular flexibility index (Phi) is 2.96. The molecule has 1 aliphatic rings. The van der Waals surface area contributed by atoms with E-state index in [1.165, 1.54) is 18.8 Å². The van der Waals surface area contributed by atoms with E-state index in [4.69, 9.17) is 0 Å². The molecule has 1 unspecified atom stereocenters. The van der Waals surface area contributed by atoms with Gasteiger partial charge in [0.1, 0.15) is 12.4 Å². The Morgan fingerprint density at radius 3 is 3.20 bits per heavy atom. The van der Waals surface area contributed by atoms with Crippen LogP contribution in [0.25, 0.3) is 0 Å². The molecule has 0 spiro atoms. The Balaban J connectivity index is 1.84. The van der Waals surface area contributed by atoms with Crippen LogP contribution in [0.4, 0.5) is 5.69 Å². The van der Waals surface area contributed by atoms with E-state index in [-0.39, 0.29) is 5.69 Å². The number of aromatic nitrogens is 2. The summed E-state index contributed by atoms with van der Waals surface area (Å²) in [6.07, 6.45) is 5.02. The first-order valence-corrected chi connectivity index (χ1v) is 5.13. The van der Waals surface area contributed by atoms with Crippen molar-refractivity contribution in [3.05, 3.63) is 22.5 Å². The highest BCUT2D eigenvalue weighted by Crippen LogP contribution is 2.14. The first-order valence-electron chi connectivity index (χ1n) is 5.13. The molecule has 1 aromatic heterocycles. The number of nitro groups is 1. The minimum Gasteiger partial charge on any atom is -0.316 e. The number of nitrogens with zero attached hydrogens (tertiary/aromatic N) is 3. The van der Waals surface area contributed by atoms with Gasteiger partial charge < -0.3 is 5.32 Å². The van der Waals surface area contributed by atoms with Gasteiger partial charge in [-0.25, -0.2) is 0 Å². The average Bonchev–Trinajstić information content (AvgIpc) is 2.86. The third-order valence-electron chi connectivity index (χ3n) is 2.76. The molecule has 0 saturated carbocycles. The van der Waals surface area contributed by atoms with Crippen molar-refractivity contribution in [2.45, 2.75) is 19.4 Å². The molecule has 82 valence electrons. The number of hydrogen-bond acceptors (Lipinski definition) is 4. The summed E-state index contributed by atoms with van der Waals surface area (Å²) in [5, 5.41) is 17.7. The second-order valence-electron chi connectivity index (χ2n) is 3.87. The van der Waals surface area contributed by atoms with Crippen LogP contribution in [-0.2, 0) is 6.54 Å². The van der Waals surface area contributed by atoms with Gasteiger partial charge in [0.2, 0.25) is 0 Å². The zero-order valence-corrected chi connectivity index (χ0v) is 8.43. The zero-order chi connectivity index (χ0) is 10.7. The van der Waals surface area contributed by atoms with E-state index in [9.17, 15) is 10.1 Å². The summed E-state index contributed by atoms with van der Waals surface area (Å²) >= 11 is 0. The highest BCUT2D eigenvalue weighted by atomic mass is 16.6. The van der Waals surface area contributed by atoms with Gasteiger partial charge in [-0.05, 0) is 31.8 Å². The van der Waals surface area contributed by atoms with Gasteiger partial charge in [0.05, 0.1) is 4.92 Å². The van der Waals surface area contributed by atoms with Crippen LogP contribution < -0.4 is 5.32 Å². The molecule has 2 rings (SSSR count). The summed E-state index contributed by atoms with van der Waals surface area (Å²) in [6.45, 7) is 2.91. The van der Waals surface area contributed by atoms with Crippen molar-refractivity contribution in [1.82, 2.24) is 15.1 Å². The molecule has 1 aliphatic heterocycles. The third-order valence-corrected chi connectivity index (χ3v) is 2.76. The van der Waals surface area contributed by atoms with Crippen molar-refractivity contribution in [1.29, 1.82) is 0 Å². The van der Waals surface area contributed by atoms with E-state index in [1.54, 1.807) is 4.68 Å². The Labute approximate surface area is 87.4 Å². The number of nitrogens with one attached hydrogen (secondary N) is 1. The van der Waals surface area contributed by atoms with Crippen LogP contribution in [0.5, 0.6) is 0 Å². The summed E-state index contributed by atoms with van der Waals surface area (Å²) in [7, 11) is 0.